The number of rotatable bonds is 6. The van der Waals surface area contributed by atoms with Gasteiger partial charge in [-0.1, -0.05) is 48.9 Å². The summed E-state index contributed by atoms with van der Waals surface area (Å²) in [6.07, 6.45) is 3.01. The zero-order chi connectivity index (χ0) is 19.5. The minimum atomic E-state index is 0.679. The highest BCUT2D eigenvalue weighted by Gasteiger charge is 2.23. The van der Waals surface area contributed by atoms with Gasteiger partial charge in [0.1, 0.15) is 0 Å². The number of hydrogen-bond acceptors (Lipinski definition) is 3. The van der Waals surface area contributed by atoms with Gasteiger partial charge in [-0.15, -0.1) is 0 Å². The number of benzene rings is 2. The highest BCUT2D eigenvalue weighted by molar-refractivity contribution is 6.12. The van der Waals surface area contributed by atoms with Crippen LogP contribution in [0.2, 0.25) is 0 Å². The summed E-state index contributed by atoms with van der Waals surface area (Å²) in [5.74, 6) is 1.54. The molecule has 4 nitrogen and oxygen atoms in total. The van der Waals surface area contributed by atoms with E-state index in [1.165, 1.54) is 35.0 Å². The average Bonchev–Trinajstić information content (AvgIpc) is 3.10. The predicted octanol–water partition coefficient (Wildman–Crippen LogP) is 4.53. The molecule has 2 aliphatic heterocycles. The Morgan fingerprint density at radius 3 is 2.64 bits per heavy atom. The maximum atomic E-state index is 4.75. The van der Waals surface area contributed by atoms with Crippen LogP contribution in [0, 0.1) is 5.92 Å². The van der Waals surface area contributed by atoms with Crippen LogP contribution < -0.4 is 0 Å². The minimum absolute atomic E-state index is 0.679. The topological polar surface area (TPSA) is 40.3 Å². The standard InChI is InChI=1S/C24H28N4/c1-17-12-20(27-13-17)10-11-26-24(25-3)23-9-8-19(16-28-14-18(2)15-28)21-6-4-5-7-22(21)23/h4-9,12,18H,3,10-11,13-16H2,1-2H3/b26-24-. The Balaban J connectivity index is 1.58. The number of nitrogens with zero attached hydrogens (tertiary/aromatic N) is 4. The largest absolute Gasteiger partial charge is 0.298 e. The zero-order valence-corrected chi connectivity index (χ0v) is 16.9. The Kier molecular flexibility index (Phi) is 5.49. The summed E-state index contributed by atoms with van der Waals surface area (Å²) in [7, 11) is 0. The van der Waals surface area contributed by atoms with Crippen molar-refractivity contribution in [1.82, 2.24) is 4.90 Å². The molecular formula is C24H28N4. The van der Waals surface area contributed by atoms with Gasteiger partial charge in [-0.3, -0.25) is 14.9 Å². The number of aliphatic imine (C=N–C) groups is 3. The first kappa shape index (κ1) is 18.8. The molecule has 4 heteroatoms. The van der Waals surface area contributed by atoms with Crippen LogP contribution in [0.25, 0.3) is 10.8 Å². The summed E-state index contributed by atoms with van der Waals surface area (Å²) in [6, 6.07) is 13.0. The molecule has 0 aliphatic carbocycles. The maximum Gasteiger partial charge on any atom is 0.154 e. The van der Waals surface area contributed by atoms with Crippen molar-refractivity contribution in [2.45, 2.75) is 26.8 Å². The summed E-state index contributed by atoms with van der Waals surface area (Å²) >= 11 is 0. The molecule has 0 bridgehead atoms. The molecule has 2 aliphatic rings. The molecule has 0 atom stereocenters. The lowest BCUT2D eigenvalue weighted by Crippen LogP contribution is -2.44. The van der Waals surface area contributed by atoms with Crippen LogP contribution in [0.15, 0.2) is 63.0 Å². The number of amidine groups is 1. The second-order valence-corrected chi connectivity index (χ2v) is 8.03. The molecule has 0 aromatic heterocycles. The van der Waals surface area contributed by atoms with E-state index in [9.17, 15) is 0 Å². The molecule has 1 fully saturated rings. The average molecular weight is 373 g/mol. The van der Waals surface area contributed by atoms with Crippen LogP contribution in [-0.4, -0.2) is 49.3 Å². The fraction of sp³-hybridized carbons (Fsp3) is 0.375. The van der Waals surface area contributed by atoms with Gasteiger partial charge in [0.2, 0.25) is 0 Å². The molecule has 28 heavy (non-hydrogen) atoms. The lowest BCUT2D eigenvalue weighted by atomic mass is 9.96. The molecule has 0 saturated carbocycles. The van der Waals surface area contributed by atoms with E-state index < -0.39 is 0 Å². The second kappa shape index (κ2) is 8.19. The van der Waals surface area contributed by atoms with Crippen LogP contribution in [0.4, 0.5) is 0 Å². The predicted molar refractivity (Wildman–Crippen MR) is 120 cm³/mol. The summed E-state index contributed by atoms with van der Waals surface area (Å²) in [5.41, 5.74) is 4.88. The van der Waals surface area contributed by atoms with E-state index in [4.69, 9.17) is 4.99 Å². The second-order valence-electron chi connectivity index (χ2n) is 8.03. The van der Waals surface area contributed by atoms with Gasteiger partial charge < -0.3 is 0 Å². The molecule has 2 heterocycles. The Labute approximate surface area is 167 Å². The Morgan fingerprint density at radius 1 is 1.18 bits per heavy atom. The fourth-order valence-electron chi connectivity index (χ4n) is 4.14. The molecule has 1 saturated heterocycles. The third-order valence-corrected chi connectivity index (χ3v) is 5.51. The van der Waals surface area contributed by atoms with Crippen LogP contribution in [0.1, 0.15) is 31.4 Å². The minimum Gasteiger partial charge on any atom is -0.298 e. The summed E-state index contributed by atoms with van der Waals surface area (Å²) in [4.78, 5) is 16.0. The van der Waals surface area contributed by atoms with E-state index in [1.807, 2.05) is 0 Å². The van der Waals surface area contributed by atoms with Gasteiger partial charge in [0.05, 0.1) is 6.54 Å². The molecule has 2 aromatic carbocycles. The molecular weight excluding hydrogens is 344 g/mol. The van der Waals surface area contributed by atoms with Crippen molar-refractivity contribution in [3.05, 3.63) is 59.2 Å². The zero-order valence-electron chi connectivity index (χ0n) is 16.9. The maximum absolute atomic E-state index is 4.75. The van der Waals surface area contributed by atoms with Gasteiger partial charge in [-0.25, -0.2) is 4.99 Å². The Morgan fingerprint density at radius 2 is 1.96 bits per heavy atom. The van der Waals surface area contributed by atoms with Crippen LogP contribution in [0.5, 0.6) is 0 Å². The van der Waals surface area contributed by atoms with Gasteiger partial charge in [0.25, 0.3) is 0 Å². The third-order valence-electron chi connectivity index (χ3n) is 5.51. The van der Waals surface area contributed by atoms with Gasteiger partial charge in [-0.05, 0) is 42.0 Å². The lowest BCUT2D eigenvalue weighted by Gasteiger charge is -2.37. The van der Waals surface area contributed by atoms with Crippen molar-refractivity contribution < 1.29 is 0 Å². The Hall–Kier alpha value is -2.59. The first-order chi connectivity index (χ1) is 13.6. The molecule has 4 rings (SSSR count). The summed E-state index contributed by atoms with van der Waals surface area (Å²) in [5, 5.41) is 2.49. The van der Waals surface area contributed by atoms with E-state index in [2.05, 4.69) is 77.9 Å². The fourth-order valence-corrected chi connectivity index (χ4v) is 4.14. The van der Waals surface area contributed by atoms with E-state index in [0.29, 0.717) is 6.54 Å². The van der Waals surface area contributed by atoms with Crippen molar-refractivity contribution in [1.29, 1.82) is 0 Å². The van der Waals surface area contributed by atoms with Crippen LogP contribution in [-0.2, 0) is 6.54 Å². The van der Waals surface area contributed by atoms with Crippen LogP contribution in [0.3, 0.4) is 0 Å². The number of allylic oxidation sites excluding steroid dienone is 1. The van der Waals surface area contributed by atoms with Gasteiger partial charge in [-0.2, -0.15) is 0 Å². The molecule has 0 N–H and O–H groups in total. The number of likely N-dealkylation sites (tertiary alicyclic amines) is 1. The van der Waals surface area contributed by atoms with Gasteiger partial charge in [0.15, 0.2) is 5.84 Å². The third kappa shape index (κ3) is 3.97. The highest BCUT2D eigenvalue weighted by atomic mass is 15.2. The van der Waals surface area contributed by atoms with E-state index in [1.54, 1.807) is 0 Å². The summed E-state index contributed by atoms with van der Waals surface area (Å²) < 4.78 is 0. The van der Waals surface area contributed by atoms with Crippen molar-refractivity contribution in [2.24, 2.45) is 20.9 Å². The number of hydrogen-bond donors (Lipinski definition) is 0. The van der Waals surface area contributed by atoms with Gasteiger partial charge in [0, 0.05) is 43.9 Å². The first-order valence-corrected chi connectivity index (χ1v) is 10.1. The van der Waals surface area contributed by atoms with E-state index >= 15 is 0 Å². The molecule has 0 amide bonds. The Bertz CT molecular complexity index is 977. The SMILES string of the molecule is C=N/C(=N\CCC1=NCC(C)=C1)c1ccc(CN2CC(C)C2)c2ccccc12. The van der Waals surface area contributed by atoms with Crippen molar-refractivity contribution in [2.75, 3.05) is 26.2 Å². The molecule has 2 aromatic rings. The lowest BCUT2D eigenvalue weighted by molar-refractivity contribution is 0.105. The van der Waals surface area contributed by atoms with Crippen LogP contribution >= 0.6 is 0 Å². The van der Waals surface area contributed by atoms with Crippen molar-refractivity contribution in [3.8, 4) is 0 Å². The normalized spacial score (nSPS) is 18.1. The molecule has 0 spiro atoms. The smallest absolute Gasteiger partial charge is 0.154 e. The molecule has 0 radical (unpaired) electrons. The van der Waals surface area contributed by atoms with Crippen molar-refractivity contribution >= 4 is 29.0 Å². The molecule has 144 valence electrons. The first-order valence-electron chi connectivity index (χ1n) is 10.1. The van der Waals surface area contributed by atoms with E-state index in [-0.39, 0.29) is 0 Å². The quantitative estimate of drug-likeness (QED) is 0.542. The highest BCUT2D eigenvalue weighted by Crippen LogP contribution is 2.27. The van der Waals surface area contributed by atoms with E-state index in [0.717, 1.165) is 42.5 Å². The molecule has 0 unspecified atom stereocenters. The summed E-state index contributed by atoms with van der Waals surface area (Å²) in [6.45, 7) is 13.1. The van der Waals surface area contributed by atoms with Gasteiger partial charge >= 0.3 is 0 Å². The van der Waals surface area contributed by atoms with Crippen molar-refractivity contribution in [3.63, 3.8) is 0 Å². The monoisotopic (exact) mass is 372 g/mol. The number of fused-ring (bicyclic) bond motifs is 1.